The number of hydrogen-bond acceptors (Lipinski definition) is 4. The van der Waals surface area contributed by atoms with Crippen molar-refractivity contribution in [3.63, 3.8) is 0 Å². The third-order valence-electron chi connectivity index (χ3n) is 4.06. The van der Waals surface area contributed by atoms with Gasteiger partial charge in [0.15, 0.2) is 11.0 Å². The number of aromatic nitrogens is 2. The second kappa shape index (κ2) is 7.05. The maximum Gasteiger partial charge on any atom is 0.159 e. The van der Waals surface area contributed by atoms with E-state index >= 15 is 0 Å². The first-order valence-electron chi connectivity index (χ1n) is 7.72. The number of nitrogens with zero attached hydrogens (tertiary/aromatic N) is 3. The average molecular weight is 305 g/mol. The van der Waals surface area contributed by atoms with Crippen LogP contribution in [0.2, 0.25) is 5.15 Å². The van der Waals surface area contributed by atoms with E-state index in [0.29, 0.717) is 5.15 Å². The Kier molecular flexibility index (Phi) is 4.88. The highest BCUT2D eigenvalue weighted by molar-refractivity contribution is 6.34. The molecule has 0 amide bonds. The van der Waals surface area contributed by atoms with Crippen LogP contribution in [0, 0.1) is 0 Å². The van der Waals surface area contributed by atoms with Crippen LogP contribution in [0.5, 0.6) is 0 Å². The molecule has 112 valence electrons. The van der Waals surface area contributed by atoms with E-state index in [4.69, 9.17) is 11.6 Å². The Balaban J connectivity index is 1.64. The van der Waals surface area contributed by atoms with E-state index < -0.39 is 0 Å². The summed E-state index contributed by atoms with van der Waals surface area (Å²) in [5.41, 5.74) is 0. The van der Waals surface area contributed by atoms with Crippen molar-refractivity contribution in [2.45, 2.75) is 25.7 Å². The van der Waals surface area contributed by atoms with E-state index in [0.717, 1.165) is 29.7 Å². The lowest BCUT2D eigenvalue weighted by atomic mass is 10.2. The molecule has 1 N–H and O–H groups in total. The maximum atomic E-state index is 6.09. The quantitative estimate of drug-likeness (QED) is 0.937. The van der Waals surface area contributed by atoms with E-state index in [9.17, 15) is 0 Å². The molecule has 0 bridgehead atoms. The second-order valence-corrected chi connectivity index (χ2v) is 5.93. The summed E-state index contributed by atoms with van der Waals surface area (Å²) < 4.78 is 0. The van der Waals surface area contributed by atoms with E-state index in [1.54, 1.807) is 0 Å². The van der Waals surface area contributed by atoms with Crippen molar-refractivity contribution >= 4 is 28.2 Å². The molecule has 1 saturated heterocycles. The molecule has 0 spiro atoms. The largest absolute Gasteiger partial charge is 0.367 e. The average Bonchev–Trinajstić information content (AvgIpc) is 2.79. The van der Waals surface area contributed by atoms with Crippen LogP contribution < -0.4 is 5.32 Å². The fraction of sp³-hybridized carbons (Fsp3) is 0.500. The van der Waals surface area contributed by atoms with E-state index in [1.807, 2.05) is 24.3 Å². The molecule has 1 aliphatic heterocycles. The summed E-state index contributed by atoms with van der Waals surface area (Å²) >= 11 is 6.09. The van der Waals surface area contributed by atoms with Crippen LogP contribution in [0.25, 0.3) is 10.8 Å². The summed E-state index contributed by atoms with van der Waals surface area (Å²) in [5.74, 6) is 0.824. The fourth-order valence-corrected chi connectivity index (χ4v) is 3.10. The minimum atomic E-state index is 0.462. The molecule has 1 aliphatic rings. The van der Waals surface area contributed by atoms with Gasteiger partial charge in [-0.15, -0.1) is 10.2 Å². The van der Waals surface area contributed by atoms with Gasteiger partial charge in [0.2, 0.25) is 0 Å². The Morgan fingerprint density at radius 2 is 1.71 bits per heavy atom. The van der Waals surface area contributed by atoms with E-state index in [-0.39, 0.29) is 0 Å². The van der Waals surface area contributed by atoms with Gasteiger partial charge in [-0.3, -0.25) is 0 Å². The van der Waals surface area contributed by atoms with Gasteiger partial charge in [0, 0.05) is 23.9 Å². The molecule has 1 aromatic carbocycles. The van der Waals surface area contributed by atoms with Gasteiger partial charge in [-0.2, -0.15) is 0 Å². The van der Waals surface area contributed by atoms with Gasteiger partial charge >= 0.3 is 0 Å². The van der Waals surface area contributed by atoms with Gasteiger partial charge in [-0.05, 0) is 25.9 Å². The molecule has 0 radical (unpaired) electrons. The monoisotopic (exact) mass is 304 g/mol. The first-order chi connectivity index (χ1) is 10.3. The Labute approximate surface area is 130 Å². The zero-order valence-corrected chi connectivity index (χ0v) is 12.9. The van der Waals surface area contributed by atoms with Gasteiger partial charge in [0.05, 0.1) is 0 Å². The predicted octanol–water partition coefficient (Wildman–Crippen LogP) is 3.57. The molecule has 0 saturated carbocycles. The Hall–Kier alpha value is -1.39. The molecule has 0 aliphatic carbocycles. The van der Waals surface area contributed by atoms with Crippen molar-refractivity contribution < 1.29 is 0 Å². The summed E-state index contributed by atoms with van der Waals surface area (Å²) in [6.07, 6.45) is 5.39. The first kappa shape index (κ1) is 14.5. The number of likely N-dealkylation sites (tertiary alicyclic amines) is 1. The van der Waals surface area contributed by atoms with Crippen LogP contribution >= 0.6 is 11.6 Å². The van der Waals surface area contributed by atoms with Crippen molar-refractivity contribution in [3.8, 4) is 0 Å². The van der Waals surface area contributed by atoms with Crippen LogP contribution in [0.3, 0.4) is 0 Å². The van der Waals surface area contributed by atoms with Crippen LogP contribution in [0.1, 0.15) is 25.7 Å². The third kappa shape index (κ3) is 3.63. The fourth-order valence-electron chi connectivity index (χ4n) is 2.89. The molecular weight excluding hydrogens is 284 g/mol. The summed E-state index contributed by atoms with van der Waals surface area (Å²) in [6, 6.07) is 7.98. The van der Waals surface area contributed by atoms with Crippen molar-refractivity contribution in [2.24, 2.45) is 0 Å². The lowest BCUT2D eigenvalue weighted by Crippen LogP contribution is -2.30. The highest BCUT2D eigenvalue weighted by Gasteiger charge is 2.10. The summed E-state index contributed by atoms with van der Waals surface area (Å²) in [5, 5.41) is 14.1. The molecule has 1 fully saturated rings. The molecule has 5 heteroatoms. The minimum absolute atomic E-state index is 0.462. The number of anilines is 1. The van der Waals surface area contributed by atoms with E-state index in [1.165, 1.54) is 38.8 Å². The number of fused-ring (bicyclic) bond motifs is 1. The highest BCUT2D eigenvalue weighted by Crippen LogP contribution is 2.25. The van der Waals surface area contributed by atoms with Crippen molar-refractivity contribution in [3.05, 3.63) is 29.4 Å². The molecule has 1 aromatic heterocycles. The number of halogens is 1. The maximum absolute atomic E-state index is 6.09. The van der Waals surface area contributed by atoms with Gasteiger partial charge < -0.3 is 10.2 Å². The molecule has 21 heavy (non-hydrogen) atoms. The van der Waals surface area contributed by atoms with Gasteiger partial charge in [-0.25, -0.2) is 0 Å². The Morgan fingerprint density at radius 3 is 2.48 bits per heavy atom. The molecule has 0 atom stereocenters. The summed E-state index contributed by atoms with van der Waals surface area (Å²) in [7, 11) is 0. The molecule has 0 unspecified atom stereocenters. The van der Waals surface area contributed by atoms with Crippen LogP contribution in [0.4, 0.5) is 5.82 Å². The summed E-state index contributed by atoms with van der Waals surface area (Å²) in [6.45, 7) is 4.38. The SMILES string of the molecule is Clc1nnc(NCCN2CCCCCC2)c2ccccc12. The minimum Gasteiger partial charge on any atom is -0.367 e. The zero-order chi connectivity index (χ0) is 14.5. The van der Waals surface area contributed by atoms with Crippen LogP contribution in [-0.4, -0.2) is 41.3 Å². The molecule has 4 nitrogen and oxygen atoms in total. The normalized spacial score (nSPS) is 16.8. The van der Waals surface area contributed by atoms with Crippen LogP contribution in [0.15, 0.2) is 24.3 Å². The Morgan fingerprint density at radius 1 is 1.00 bits per heavy atom. The highest BCUT2D eigenvalue weighted by atomic mass is 35.5. The standard InChI is InChI=1S/C16H21ClN4/c17-15-13-7-3-4-8-14(13)16(20-19-15)18-9-12-21-10-5-1-2-6-11-21/h3-4,7-8H,1-2,5-6,9-12H2,(H,18,20). The van der Waals surface area contributed by atoms with Crippen molar-refractivity contribution in [1.82, 2.24) is 15.1 Å². The van der Waals surface area contributed by atoms with Crippen molar-refractivity contribution in [2.75, 3.05) is 31.5 Å². The van der Waals surface area contributed by atoms with Crippen molar-refractivity contribution in [1.29, 1.82) is 0 Å². The molecule has 2 aromatic rings. The Bertz CT molecular complexity index is 594. The van der Waals surface area contributed by atoms with Crippen LogP contribution in [-0.2, 0) is 0 Å². The lowest BCUT2D eigenvalue weighted by molar-refractivity contribution is 0.296. The van der Waals surface area contributed by atoms with Gasteiger partial charge in [0.1, 0.15) is 0 Å². The topological polar surface area (TPSA) is 41.1 Å². The zero-order valence-electron chi connectivity index (χ0n) is 12.2. The smallest absolute Gasteiger partial charge is 0.159 e. The number of nitrogens with one attached hydrogen (secondary N) is 1. The first-order valence-corrected chi connectivity index (χ1v) is 8.09. The predicted molar refractivity (Wildman–Crippen MR) is 87.9 cm³/mol. The number of rotatable bonds is 4. The summed E-state index contributed by atoms with van der Waals surface area (Å²) in [4.78, 5) is 2.53. The van der Waals surface area contributed by atoms with Gasteiger partial charge in [-0.1, -0.05) is 48.7 Å². The second-order valence-electron chi connectivity index (χ2n) is 5.57. The third-order valence-corrected chi connectivity index (χ3v) is 4.34. The number of benzene rings is 1. The molecular formula is C16H21ClN4. The molecule has 2 heterocycles. The van der Waals surface area contributed by atoms with E-state index in [2.05, 4.69) is 20.4 Å². The van der Waals surface area contributed by atoms with Gasteiger partial charge in [0.25, 0.3) is 0 Å². The number of hydrogen-bond donors (Lipinski definition) is 1. The molecule has 3 rings (SSSR count). The lowest BCUT2D eigenvalue weighted by Gasteiger charge is -2.20.